The number of hydrogen-bond acceptors (Lipinski definition) is 3. The summed E-state index contributed by atoms with van der Waals surface area (Å²) in [7, 11) is 1.66. The third kappa shape index (κ3) is 3.51. The maximum absolute atomic E-state index is 13.9. The van der Waals surface area contributed by atoms with Crippen molar-refractivity contribution in [1.82, 2.24) is 14.8 Å². The standard InChI is InChI=1S/C19H17F4N3O/c1-10-7-11(20)5-6-13(10)17-24-25-18(26(17)4)19(2,3)27-16-14(22)8-12(21)9-15(16)23/h5-9H,1-4H3. The lowest BCUT2D eigenvalue weighted by Crippen LogP contribution is -2.30. The maximum Gasteiger partial charge on any atom is 0.192 e. The first kappa shape index (κ1) is 18.9. The van der Waals surface area contributed by atoms with Crippen LogP contribution in [0.15, 0.2) is 30.3 Å². The molecular formula is C19H17F4N3O. The molecule has 27 heavy (non-hydrogen) atoms. The molecule has 0 saturated heterocycles. The van der Waals surface area contributed by atoms with Crippen LogP contribution in [-0.2, 0) is 12.6 Å². The van der Waals surface area contributed by atoms with Gasteiger partial charge in [0.1, 0.15) is 11.6 Å². The van der Waals surface area contributed by atoms with E-state index in [1.807, 2.05) is 0 Å². The fourth-order valence-electron chi connectivity index (χ4n) is 2.89. The molecule has 0 aliphatic rings. The summed E-state index contributed by atoms with van der Waals surface area (Å²) in [6.45, 7) is 4.85. The quantitative estimate of drug-likeness (QED) is 0.619. The van der Waals surface area contributed by atoms with Crippen LogP contribution in [0.25, 0.3) is 11.4 Å². The van der Waals surface area contributed by atoms with Crippen LogP contribution < -0.4 is 4.74 Å². The van der Waals surface area contributed by atoms with Crippen molar-refractivity contribution in [2.75, 3.05) is 0 Å². The van der Waals surface area contributed by atoms with Crippen molar-refractivity contribution in [2.45, 2.75) is 26.4 Å². The van der Waals surface area contributed by atoms with E-state index in [2.05, 4.69) is 10.2 Å². The van der Waals surface area contributed by atoms with Gasteiger partial charge in [0.15, 0.2) is 34.6 Å². The van der Waals surface area contributed by atoms with E-state index in [4.69, 9.17) is 4.74 Å². The SMILES string of the molecule is Cc1cc(F)ccc1-c1nnc(C(C)(C)Oc2c(F)cc(F)cc2F)n1C. The zero-order chi connectivity index (χ0) is 19.9. The predicted octanol–water partition coefficient (Wildman–Crippen LogP) is 4.66. The first-order valence-corrected chi connectivity index (χ1v) is 8.10. The Morgan fingerprint density at radius 2 is 1.56 bits per heavy atom. The number of hydrogen-bond donors (Lipinski definition) is 0. The van der Waals surface area contributed by atoms with E-state index < -0.39 is 28.8 Å². The molecule has 3 rings (SSSR count). The van der Waals surface area contributed by atoms with Crippen molar-refractivity contribution in [3.8, 4) is 17.1 Å². The van der Waals surface area contributed by atoms with Gasteiger partial charge in [-0.05, 0) is 44.5 Å². The Hall–Kier alpha value is -2.90. The average molecular weight is 379 g/mol. The Labute approximate surface area is 153 Å². The van der Waals surface area contributed by atoms with Crippen molar-refractivity contribution < 1.29 is 22.3 Å². The van der Waals surface area contributed by atoms with Crippen LogP contribution in [0.4, 0.5) is 17.6 Å². The zero-order valence-electron chi connectivity index (χ0n) is 15.1. The van der Waals surface area contributed by atoms with Gasteiger partial charge in [-0.15, -0.1) is 10.2 Å². The smallest absolute Gasteiger partial charge is 0.192 e. The Bertz CT molecular complexity index is 991. The normalized spacial score (nSPS) is 11.7. The Balaban J connectivity index is 2.00. The van der Waals surface area contributed by atoms with Crippen LogP contribution in [0.2, 0.25) is 0 Å². The van der Waals surface area contributed by atoms with Crippen LogP contribution >= 0.6 is 0 Å². The molecular weight excluding hydrogens is 362 g/mol. The molecule has 0 fully saturated rings. The van der Waals surface area contributed by atoms with Crippen LogP contribution in [0.1, 0.15) is 25.2 Å². The summed E-state index contributed by atoms with van der Waals surface area (Å²) in [5.41, 5.74) is 0.0342. The minimum absolute atomic E-state index is 0.282. The molecule has 0 amide bonds. The molecule has 0 aliphatic heterocycles. The molecule has 3 aromatic rings. The third-order valence-electron chi connectivity index (χ3n) is 4.16. The van der Waals surface area contributed by atoms with Crippen molar-refractivity contribution >= 4 is 0 Å². The molecule has 0 unspecified atom stereocenters. The second-order valence-corrected chi connectivity index (χ2v) is 6.68. The third-order valence-corrected chi connectivity index (χ3v) is 4.16. The van der Waals surface area contributed by atoms with Gasteiger partial charge in [-0.1, -0.05) is 0 Å². The molecule has 1 heterocycles. The largest absolute Gasteiger partial charge is 0.474 e. The van der Waals surface area contributed by atoms with Crippen molar-refractivity contribution in [1.29, 1.82) is 0 Å². The molecule has 8 heteroatoms. The summed E-state index contributed by atoms with van der Waals surface area (Å²) in [6, 6.07) is 5.33. The van der Waals surface area contributed by atoms with Crippen LogP contribution in [0.3, 0.4) is 0 Å². The lowest BCUT2D eigenvalue weighted by Gasteiger charge is -2.26. The fraction of sp³-hybridized carbons (Fsp3) is 0.263. The lowest BCUT2D eigenvalue weighted by atomic mass is 10.1. The van der Waals surface area contributed by atoms with Gasteiger partial charge in [-0.25, -0.2) is 17.6 Å². The monoisotopic (exact) mass is 379 g/mol. The Morgan fingerprint density at radius 3 is 2.15 bits per heavy atom. The first-order valence-electron chi connectivity index (χ1n) is 8.10. The van der Waals surface area contributed by atoms with Crippen molar-refractivity contribution in [2.24, 2.45) is 7.05 Å². The molecule has 0 spiro atoms. The molecule has 2 aromatic carbocycles. The summed E-state index contributed by atoms with van der Waals surface area (Å²) >= 11 is 0. The van der Waals surface area contributed by atoms with E-state index in [-0.39, 0.29) is 11.6 Å². The molecule has 142 valence electrons. The topological polar surface area (TPSA) is 39.9 Å². The molecule has 0 bridgehead atoms. The van der Waals surface area contributed by atoms with E-state index >= 15 is 0 Å². The maximum atomic E-state index is 13.9. The molecule has 4 nitrogen and oxygen atoms in total. The highest BCUT2D eigenvalue weighted by Crippen LogP contribution is 2.33. The minimum atomic E-state index is -1.28. The lowest BCUT2D eigenvalue weighted by molar-refractivity contribution is 0.0833. The van der Waals surface area contributed by atoms with Crippen LogP contribution in [0, 0.1) is 30.2 Å². The van der Waals surface area contributed by atoms with Crippen LogP contribution in [-0.4, -0.2) is 14.8 Å². The van der Waals surface area contributed by atoms with Gasteiger partial charge < -0.3 is 9.30 Å². The Kier molecular flexibility index (Phi) is 4.67. The van der Waals surface area contributed by atoms with Gasteiger partial charge in [0.25, 0.3) is 0 Å². The number of halogens is 4. The van der Waals surface area contributed by atoms with E-state index in [1.54, 1.807) is 38.5 Å². The number of aryl methyl sites for hydroxylation is 1. The minimum Gasteiger partial charge on any atom is -0.474 e. The van der Waals surface area contributed by atoms with Gasteiger partial charge in [0.2, 0.25) is 0 Å². The second kappa shape index (κ2) is 6.68. The van der Waals surface area contributed by atoms with E-state index in [0.717, 1.165) is 0 Å². The van der Waals surface area contributed by atoms with Gasteiger partial charge in [0.05, 0.1) is 0 Å². The van der Waals surface area contributed by atoms with Gasteiger partial charge in [0, 0.05) is 24.7 Å². The summed E-state index contributed by atoms with van der Waals surface area (Å²) in [5.74, 6) is -3.70. The predicted molar refractivity (Wildman–Crippen MR) is 91.1 cm³/mol. The van der Waals surface area contributed by atoms with Gasteiger partial charge in [-0.3, -0.25) is 0 Å². The highest BCUT2D eigenvalue weighted by atomic mass is 19.1. The van der Waals surface area contributed by atoms with Crippen LogP contribution in [0.5, 0.6) is 5.75 Å². The van der Waals surface area contributed by atoms with Gasteiger partial charge >= 0.3 is 0 Å². The summed E-state index contributed by atoms with van der Waals surface area (Å²) < 4.78 is 61.4. The summed E-state index contributed by atoms with van der Waals surface area (Å²) in [4.78, 5) is 0. The van der Waals surface area contributed by atoms with Crippen molar-refractivity contribution in [3.05, 3.63) is 65.0 Å². The fourth-order valence-corrected chi connectivity index (χ4v) is 2.89. The molecule has 0 radical (unpaired) electrons. The Morgan fingerprint density at radius 1 is 0.926 bits per heavy atom. The summed E-state index contributed by atoms with van der Waals surface area (Å²) in [5, 5.41) is 8.18. The number of nitrogens with zero attached hydrogens (tertiary/aromatic N) is 3. The zero-order valence-corrected chi connectivity index (χ0v) is 15.1. The highest BCUT2D eigenvalue weighted by molar-refractivity contribution is 5.60. The van der Waals surface area contributed by atoms with Crippen molar-refractivity contribution in [3.63, 3.8) is 0 Å². The number of rotatable bonds is 4. The first-order chi connectivity index (χ1) is 12.6. The average Bonchev–Trinajstić information content (AvgIpc) is 2.93. The summed E-state index contributed by atoms with van der Waals surface area (Å²) in [6.07, 6.45) is 0. The second-order valence-electron chi connectivity index (χ2n) is 6.68. The number of ether oxygens (including phenoxy) is 1. The number of benzene rings is 2. The molecule has 0 saturated carbocycles. The van der Waals surface area contributed by atoms with E-state index in [1.165, 1.54) is 12.1 Å². The molecule has 1 aromatic heterocycles. The number of aromatic nitrogens is 3. The highest BCUT2D eigenvalue weighted by Gasteiger charge is 2.32. The van der Waals surface area contributed by atoms with Gasteiger partial charge in [-0.2, -0.15) is 0 Å². The van der Waals surface area contributed by atoms with E-state index in [9.17, 15) is 17.6 Å². The van der Waals surface area contributed by atoms with E-state index in [0.29, 0.717) is 29.1 Å². The molecule has 0 aliphatic carbocycles. The molecule has 0 atom stereocenters. The molecule has 0 N–H and O–H groups in total.